The summed E-state index contributed by atoms with van der Waals surface area (Å²) >= 11 is 6.38. The number of anilines is 1. The lowest BCUT2D eigenvalue weighted by Gasteiger charge is -2.15. The maximum absolute atomic E-state index is 12.7. The highest BCUT2D eigenvalue weighted by Crippen LogP contribution is 2.27. The highest BCUT2D eigenvalue weighted by Gasteiger charge is 2.22. The van der Waals surface area contributed by atoms with Gasteiger partial charge in [0.25, 0.3) is 0 Å². The number of para-hydroxylation sites is 1. The van der Waals surface area contributed by atoms with Crippen molar-refractivity contribution in [1.82, 2.24) is 4.98 Å². The van der Waals surface area contributed by atoms with Crippen LogP contribution in [0.5, 0.6) is 0 Å². The van der Waals surface area contributed by atoms with Crippen LogP contribution in [0.3, 0.4) is 0 Å². The fraction of sp³-hybridized carbons (Fsp3) is 0.261. The monoisotopic (exact) mass is 391 g/mol. The number of aryl methyl sites for hydroxylation is 4. The topological polar surface area (TPSA) is 65.8 Å². The zero-order valence-corrected chi connectivity index (χ0v) is 17.2. The molecule has 1 amide bonds. The SMILES string of the molecule is Cc1cc(C)c2nc(Cl)c(CC(C#N)C(=O)Nc3c(C)cccc3C)cc2c1. The molecule has 28 heavy (non-hydrogen) atoms. The number of carbonyl (C=O) groups excluding carboxylic acids is 1. The van der Waals surface area contributed by atoms with Crippen LogP contribution < -0.4 is 5.32 Å². The van der Waals surface area contributed by atoms with Crippen LogP contribution in [0.25, 0.3) is 10.9 Å². The molecule has 4 nitrogen and oxygen atoms in total. The zero-order valence-electron chi connectivity index (χ0n) is 16.4. The Morgan fingerprint density at radius 3 is 2.46 bits per heavy atom. The number of hydrogen-bond acceptors (Lipinski definition) is 3. The van der Waals surface area contributed by atoms with Crippen molar-refractivity contribution >= 4 is 34.1 Å². The van der Waals surface area contributed by atoms with Crippen molar-refractivity contribution in [1.29, 1.82) is 5.26 Å². The van der Waals surface area contributed by atoms with Crippen molar-refractivity contribution in [3.8, 4) is 6.07 Å². The second-order valence-electron chi connectivity index (χ2n) is 7.23. The fourth-order valence-corrected chi connectivity index (χ4v) is 3.67. The second-order valence-corrected chi connectivity index (χ2v) is 7.59. The lowest BCUT2D eigenvalue weighted by Crippen LogP contribution is -2.24. The van der Waals surface area contributed by atoms with Gasteiger partial charge in [-0.15, -0.1) is 0 Å². The molecule has 2 aromatic carbocycles. The molecule has 0 aliphatic rings. The normalized spacial score (nSPS) is 11.9. The van der Waals surface area contributed by atoms with Gasteiger partial charge in [-0.25, -0.2) is 4.98 Å². The average Bonchev–Trinajstić information content (AvgIpc) is 2.63. The standard InChI is InChI=1S/C23H22ClN3O/c1-13-8-16(4)21-17(9-13)10-18(22(24)26-21)11-19(12-25)23(28)27-20-14(2)6-5-7-15(20)3/h5-10,19H,11H2,1-4H3,(H,27,28). The highest BCUT2D eigenvalue weighted by molar-refractivity contribution is 6.30. The van der Waals surface area contributed by atoms with Gasteiger partial charge in [0.1, 0.15) is 11.1 Å². The largest absolute Gasteiger partial charge is 0.324 e. The molecule has 142 valence electrons. The molecule has 1 unspecified atom stereocenters. The van der Waals surface area contributed by atoms with Gasteiger partial charge in [0.15, 0.2) is 0 Å². The maximum atomic E-state index is 12.7. The van der Waals surface area contributed by atoms with E-state index in [0.29, 0.717) is 10.7 Å². The Labute approximate surface area is 170 Å². The number of aromatic nitrogens is 1. The minimum Gasteiger partial charge on any atom is -0.324 e. The fourth-order valence-electron chi connectivity index (χ4n) is 3.45. The molecule has 5 heteroatoms. The van der Waals surface area contributed by atoms with Crippen molar-refractivity contribution in [2.45, 2.75) is 34.1 Å². The van der Waals surface area contributed by atoms with Crippen LogP contribution in [0, 0.1) is 44.9 Å². The Morgan fingerprint density at radius 2 is 1.82 bits per heavy atom. The predicted octanol–water partition coefficient (Wildman–Crippen LogP) is 5.44. The lowest BCUT2D eigenvalue weighted by molar-refractivity contribution is -0.118. The number of fused-ring (bicyclic) bond motifs is 1. The molecule has 1 N–H and O–H groups in total. The van der Waals surface area contributed by atoms with Gasteiger partial charge in [-0.2, -0.15) is 5.26 Å². The van der Waals surface area contributed by atoms with E-state index in [1.807, 2.05) is 58.0 Å². The molecule has 0 saturated carbocycles. The highest BCUT2D eigenvalue weighted by atomic mass is 35.5. The Morgan fingerprint density at radius 1 is 1.14 bits per heavy atom. The molecular weight excluding hydrogens is 370 g/mol. The van der Waals surface area contributed by atoms with E-state index in [0.717, 1.165) is 38.8 Å². The third-order valence-electron chi connectivity index (χ3n) is 4.90. The molecule has 0 radical (unpaired) electrons. The molecule has 0 bridgehead atoms. The van der Waals surface area contributed by atoms with Crippen LogP contribution in [0.2, 0.25) is 5.15 Å². The number of carbonyl (C=O) groups is 1. The van der Waals surface area contributed by atoms with Gasteiger partial charge in [-0.1, -0.05) is 41.4 Å². The van der Waals surface area contributed by atoms with E-state index in [4.69, 9.17) is 11.6 Å². The Hall–Kier alpha value is -2.90. The van der Waals surface area contributed by atoms with E-state index in [1.54, 1.807) is 0 Å². The van der Waals surface area contributed by atoms with E-state index in [1.165, 1.54) is 0 Å². The average molecular weight is 392 g/mol. The number of nitrogens with one attached hydrogen (secondary N) is 1. The summed E-state index contributed by atoms with van der Waals surface area (Å²) in [7, 11) is 0. The van der Waals surface area contributed by atoms with Crippen LogP contribution in [-0.4, -0.2) is 10.9 Å². The van der Waals surface area contributed by atoms with Crippen LogP contribution in [0.15, 0.2) is 36.4 Å². The number of hydrogen-bond donors (Lipinski definition) is 1. The predicted molar refractivity (Wildman–Crippen MR) is 114 cm³/mol. The minimum atomic E-state index is -0.860. The van der Waals surface area contributed by atoms with Gasteiger partial charge in [-0.05, 0) is 62.1 Å². The summed E-state index contributed by atoms with van der Waals surface area (Å²) in [5.41, 5.74) is 6.39. The summed E-state index contributed by atoms with van der Waals surface area (Å²) < 4.78 is 0. The Kier molecular flexibility index (Phi) is 5.67. The molecule has 0 aliphatic carbocycles. The number of nitriles is 1. The van der Waals surface area contributed by atoms with Gasteiger partial charge >= 0.3 is 0 Å². The molecule has 3 aromatic rings. The van der Waals surface area contributed by atoms with Gasteiger partial charge in [0.05, 0.1) is 11.6 Å². The molecule has 1 atom stereocenters. The number of nitrogens with zero attached hydrogens (tertiary/aromatic N) is 2. The first-order valence-electron chi connectivity index (χ1n) is 9.13. The molecule has 1 heterocycles. The quantitative estimate of drug-likeness (QED) is 0.602. The number of rotatable bonds is 4. The summed E-state index contributed by atoms with van der Waals surface area (Å²) in [6.07, 6.45) is 0.210. The summed E-state index contributed by atoms with van der Waals surface area (Å²) in [4.78, 5) is 17.2. The molecule has 0 spiro atoms. The third kappa shape index (κ3) is 4.00. The minimum absolute atomic E-state index is 0.210. The molecule has 3 rings (SSSR count). The van der Waals surface area contributed by atoms with Crippen molar-refractivity contribution in [3.05, 3.63) is 69.4 Å². The second kappa shape index (κ2) is 8.00. The smallest absolute Gasteiger partial charge is 0.242 e. The molecule has 0 aliphatic heterocycles. The third-order valence-corrected chi connectivity index (χ3v) is 5.23. The summed E-state index contributed by atoms with van der Waals surface area (Å²) in [5, 5.41) is 13.8. The first-order chi connectivity index (χ1) is 13.3. The molecular formula is C23H22ClN3O. The van der Waals surface area contributed by atoms with Crippen molar-refractivity contribution in [2.75, 3.05) is 5.32 Å². The summed E-state index contributed by atoms with van der Waals surface area (Å²) in [6.45, 7) is 7.88. The van der Waals surface area contributed by atoms with Gasteiger partial charge in [0, 0.05) is 17.5 Å². The van der Waals surface area contributed by atoms with Crippen LogP contribution in [0.1, 0.15) is 27.8 Å². The van der Waals surface area contributed by atoms with E-state index in [2.05, 4.69) is 22.4 Å². The molecule has 0 saturated heterocycles. The van der Waals surface area contributed by atoms with Crippen LogP contribution in [0.4, 0.5) is 5.69 Å². The summed E-state index contributed by atoms with van der Waals surface area (Å²) in [5.74, 6) is -1.20. The number of pyridine rings is 1. The first-order valence-corrected chi connectivity index (χ1v) is 9.51. The zero-order chi connectivity index (χ0) is 20.4. The van der Waals surface area contributed by atoms with Crippen molar-refractivity contribution in [2.24, 2.45) is 5.92 Å². The Bertz CT molecular complexity index is 1090. The summed E-state index contributed by atoms with van der Waals surface area (Å²) in [6, 6.07) is 13.9. The van der Waals surface area contributed by atoms with E-state index >= 15 is 0 Å². The number of halogens is 1. The van der Waals surface area contributed by atoms with E-state index in [-0.39, 0.29) is 12.3 Å². The van der Waals surface area contributed by atoms with Gasteiger partial charge in [-0.3, -0.25) is 4.79 Å². The van der Waals surface area contributed by atoms with Crippen molar-refractivity contribution < 1.29 is 4.79 Å². The maximum Gasteiger partial charge on any atom is 0.242 e. The van der Waals surface area contributed by atoms with Gasteiger partial charge in [0.2, 0.25) is 5.91 Å². The number of amides is 1. The van der Waals surface area contributed by atoms with E-state index in [9.17, 15) is 10.1 Å². The van der Waals surface area contributed by atoms with Crippen LogP contribution >= 0.6 is 11.6 Å². The van der Waals surface area contributed by atoms with E-state index < -0.39 is 5.92 Å². The Balaban J connectivity index is 1.89. The number of benzene rings is 2. The molecule has 1 aromatic heterocycles. The van der Waals surface area contributed by atoms with Gasteiger partial charge < -0.3 is 5.32 Å². The first kappa shape index (κ1) is 19.9. The van der Waals surface area contributed by atoms with Crippen molar-refractivity contribution in [3.63, 3.8) is 0 Å². The lowest BCUT2D eigenvalue weighted by atomic mass is 9.98. The van der Waals surface area contributed by atoms with Crippen LogP contribution in [-0.2, 0) is 11.2 Å². The molecule has 0 fully saturated rings.